The van der Waals surface area contributed by atoms with Crippen LogP contribution in [0.15, 0.2) is 36.8 Å². The lowest BCUT2D eigenvalue weighted by atomic mass is 10.1. The van der Waals surface area contributed by atoms with E-state index in [1.807, 2.05) is 26.0 Å². The summed E-state index contributed by atoms with van der Waals surface area (Å²) in [6, 6.07) is 7.22. The molecular weight excluding hydrogens is 423 g/mol. The van der Waals surface area contributed by atoms with Gasteiger partial charge in [-0.2, -0.15) is 23.4 Å². The number of anilines is 2. The normalized spacial score (nSPS) is 12.0. The summed E-state index contributed by atoms with van der Waals surface area (Å²) in [5.41, 5.74) is 3.43. The summed E-state index contributed by atoms with van der Waals surface area (Å²) < 4.78 is 46.6. The molecule has 0 unspecified atom stereocenters. The van der Waals surface area contributed by atoms with Crippen LogP contribution in [0.5, 0.6) is 5.75 Å². The van der Waals surface area contributed by atoms with E-state index in [9.17, 15) is 13.2 Å². The number of fused-ring (bicyclic) bond motifs is 1. The smallest absolute Gasteiger partial charge is 0.408 e. The lowest BCUT2D eigenvalue weighted by Crippen LogP contribution is -2.17. The molecule has 168 valence electrons. The zero-order chi connectivity index (χ0) is 23.0. The van der Waals surface area contributed by atoms with E-state index in [0.717, 1.165) is 10.4 Å². The first-order chi connectivity index (χ1) is 15.1. The van der Waals surface area contributed by atoms with E-state index in [2.05, 4.69) is 25.5 Å². The van der Waals surface area contributed by atoms with Gasteiger partial charge in [0.05, 0.1) is 19.0 Å². The van der Waals surface area contributed by atoms with Crippen molar-refractivity contribution in [2.75, 3.05) is 12.4 Å². The van der Waals surface area contributed by atoms with Crippen LogP contribution in [0.3, 0.4) is 0 Å². The average Bonchev–Trinajstić information content (AvgIpc) is 3.32. The predicted octanol–water partition coefficient (Wildman–Crippen LogP) is 4.76. The minimum Gasteiger partial charge on any atom is -0.494 e. The zero-order valence-corrected chi connectivity index (χ0v) is 18.0. The number of rotatable bonds is 6. The Bertz CT molecular complexity index is 1260. The van der Waals surface area contributed by atoms with Gasteiger partial charge in [0.1, 0.15) is 41.2 Å². The average molecular weight is 445 g/mol. The summed E-state index contributed by atoms with van der Waals surface area (Å²) in [5, 5.41) is 11.7. The lowest BCUT2D eigenvalue weighted by molar-refractivity contribution is -0.142. The molecule has 0 aliphatic heterocycles. The highest BCUT2D eigenvalue weighted by molar-refractivity contribution is 5.90. The molecule has 8 nitrogen and oxygen atoms in total. The number of benzene rings is 1. The second-order valence-corrected chi connectivity index (χ2v) is 7.67. The molecule has 0 bridgehead atoms. The first-order valence-corrected chi connectivity index (χ1v) is 9.91. The molecule has 1 N–H and O–H groups in total. The third-order valence-corrected chi connectivity index (χ3v) is 4.78. The maximum absolute atomic E-state index is 12.9. The van der Waals surface area contributed by atoms with Gasteiger partial charge >= 0.3 is 6.18 Å². The van der Waals surface area contributed by atoms with Gasteiger partial charge in [-0.25, -0.2) is 14.6 Å². The van der Waals surface area contributed by atoms with Crippen molar-refractivity contribution in [3.63, 3.8) is 0 Å². The largest absolute Gasteiger partial charge is 0.494 e. The standard InChI is InChI=1S/C21H22F3N7O/c1-12(2)15-8-16(20-17(27-15)9-30(29-20)10-21(22,23)24)26-14-5-6-18(19(7-14)32-4)31-11-25-13(3)28-31/h5-9,11-12,26H,10H2,1-4H3. The lowest BCUT2D eigenvalue weighted by Gasteiger charge is -2.14. The second-order valence-electron chi connectivity index (χ2n) is 7.67. The van der Waals surface area contributed by atoms with Crippen LogP contribution in [0.25, 0.3) is 16.7 Å². The van der Waals surface area contributed by atoms with Crippen molar-refractivity contribution in [3.05, 3.63) is 48.3 Å². The Hall–Kier alpha value is -3.63. The summed E-state index contributed by atoms with van der Waals surface area (Å²) in [6.45, 7) is 4.55. The quantitative estimate of drug-likeness (QED) is 0.461. The molecule has 32 heavy (non-hydrogen) atoms. The minimum absolute atomic E-state index is 0.0818. The highest BCUT2D eigenvalue weighted by Crippen LogP contribution is 2.32. The number of ether oxygens (including phenoxy) is 1. The topological polar surface area (TPSA) is 82.7 Å². The molecule has 1 aromatic carbocycles. The van der Waals surface area contributed by atoms with E-state index in [-0.39, 0.29) is 5.92 Å². The molecule has 0 aliphatic carbocycles. The van der Waals surface area contributed by atoms with Gasteiger partial charge < -0.3 is 10.1 Å². The van der Waals surface area contributed by atoms with Crippen LogP contribution in [0.2, 0.25) is 0 Å². The van der Waals surface area contributed by atoms with E-state index in [0.29, 0.717) is 39.7 Å². The summed E-state index contributed by atoms with van der Waals surface area (Å²) in [7, 11) is 1.55. The Labute approximate surface area is 182 Å². The maximum atomic E-state index is 12.9. The third-order valence-electron chi connectivity index (χ3n) is 4.78. The number of nitrogens with zero attached hydrogens (tertiary/aromatic N) is 6. The van der Waals surface area contributed by atoms with Crippen LogP contribution in [0.4, 0.5) is 24.5 Å². The number of pyridine rings is 1. The van der Waals surface area contributed by atoms with E-state index in [1.165, 1.54) is 6.20 Å². The minimum atomic E-state index is -4.38. The molecule has 0 atom stereocenters. The Morgan fingerprint density at radius 3 is 2.56 bits per heavy atom. The fourth-order valence-electron chi connectivity index (χ4n) is 3.29. The molecule has 3 aromatic heterocycles. The van der Waals surface area contributed by atoms with Gasteiger partial charge in [0.2, 0.25) is 0 Å². The zero-order valence-electron chi connectivity index (χ0n) is 18.0. The third kappa shape index (κ3) is 4.51. The van der Waals surface area contributed by atoms with Crippen LogP contribution in [-0.2, 0) is 6.54 Å². The summed E-state index contributed by atoms with van der Waals surface area (Å²) in [6.07, 6.45) is -1.47. The first kappa shape index (κ1) is 21.6. The SMILES string of the molecule is COc1cc(Nc2cc(C(C)C)nc3cn(CC(F)(F)F)nc23)ccc1-n1cnc(C)n1. The highest BCUT2D eigenvalue weighted by Gasteiger charge is 2.29. The Balaban J connectivity index is 1.74. The summed E-state index contributed by atoms with van der Waals surface area (Å²) >= 11 is 0. The summed E-state index contributed by atoms with van der Waals surface area (Å²) in [5.74, 6) is 1.26. The van der Waals surface area contributed by atoms with Crippen LogP contribution >= 0.6 is 0 Å². The molecule has 0 aliphatic rings. The number of methoxy groups -OCH3 is 1. The van der Waals surface area contributed by atoms with Crippen molar-refractivity contribution in [1.82, 2.24) is 29.5 Å². The Morgan fingerprint density at radius 1 is 1.16 bits per heavy atom. The fraction of sp³-hybridized carbons (Fsp3) is 0.333. The molecule has 0 radical (unpaired) electrons. The highest BCUT2D eigenvalue weighted by atomic mass is 19.4. The van der Waals surface area contributed by atoms with Gasteiger partial charge in [0, 0.05) is 17.4 Å². The van der Waals surface area contributed by atoms with Crippen molar-refractivity contribution in [3.8, 4) is 11.4 Å². The van der Waals surface area contributed by atoms with Gasteiger partial charge in [-0.1, -0.05) is 13.8 Å². The molecule has 11 heteroatoms. The van der Waals surface area contributed by atoms with Crippen molar-refractivity contribution in [2.24, 2.45) is 0 Å². The van der Waals surface area contributed by atoms with E-state index < -0.39 is 12.7 Å². The summed E-state index contributed by atoms with van der Waals surface area (Å²) in [4.78, 5) is 8.61. The maximum Gasteiger partial charge on any atom is 0.408 e. The van der Waals surface area contributed by atoms with Crippen LogP contribution in [0.1, 0.15) is 31.3 Å². The number of nitrogens with one attached hydrogen (secondary N) is 1. The number of aromatic nitrogens is 6. The van der Waals surface area contributed by atoms with Gasteiger partial charge in [-0.3, -0.25) is 4.68 Å². The van der Waals surface area contributed by atoms with E-state index >= 15 is 0 Å². The van der Waals surface area contributed by atoms with Crippen LogP contribution in [-0.4, -0.2) is 42.8 Å². The molecule has 4 aromatic rings. The molecule has 0 spiro atoms. The van der Waals surface area contributed by atoms with E-state index in [4.69, 9.17) is 4.74 Å². The molecule has 0 fully saturated rings. The van der Waals surface area contributed by atoms with Crippen LogP contribution < -0.4 is 10.1 Å². The number of hydrogen-bond donors (Lipinski definition) is 1. The number of alkyl halides is 3. The van der Waals surface area contributed by atoms with E-state index in [1.54, 1.807) is 37.2 Å². The molecule has 0 amide bonds. The number of halogens is 3. The molecule has 4 rings (SSSR count). The predicted molar refractivity (Wildman–Crippen MR) is 114 cm³/mol. The Morgan fingerprint density at radius 2 is 1.94 bits per heavy atom. The van der Waals surface area contributed by atoms with Crippen molar-refractivity contribution >= 4 is 22.4 Å². The van der Waals surface area contributed by atoms with Crippen molar-refractivity contribution in [2.45, 2.75) is 39.4 Å². The van der Waals surface area contributed by atoms with Gasteiger partial charge in [-0.05, 0) is 31.0 Å². The van der Waals surface area contributed by atoms with Crippen LogP contribution in [0, 0.1) is 6.92 Å². The van der Waals surface area contributed by atoms with Crippen molar-refractivity contribution in [1.29, 1.82) is 0 Å². The number of hydrogen-bond acceptors (Lipinski definition) is 6. The molecule has 0 saturated carbocycles. The molecule has 0 saturated heterocycles. The van der Waals surface area contributed by atoms with Gasteiger partial charge in [0.15, 0.2) is 0 Å². The van der Waals surface area contributed by atoms with Crippen molar-refractivity contribution < 1.29 is 17.9 Å². The first-order valence-electron chi connectivity index (χ1n) is 9.91. The van der Waals surface area contributed by atoms with Gasteiger partial charge in [-0.15, -0.1) is 0 Å². The molecular formula is C21H22F3N7O. The molecule has 3 heterocycles. The van der Waals surface area contributed by atoms with Gasteiger partial charge in [0.25, 0.3) is 0 Å². The number of aryl methyl sites for hydroxylation is 1. The monoisotopic (exact) mass is 445 g/mol. The fourth-order valence-corrected chi connectivity index (χ4v) is 3.29. The second kappa shape index (κ2) is 8.13. The Kier molecular flexibility index (Phi) is 5.49.